The van der Waals surface area contributed by atoms with E-state index < -0.39 is 5.97 Å². The van der Waals surface area contributed by atoms with Crippen molar-refractivity contribution in [2.75, 3.05) is 6.26 Å². The first kappa shape index (κ1) is 16.9. The minimum Gasteiger partial charge on any atom is -0.423 e. The third-order valence-electron chi connectivity index (χ3n) is 2.73. The summed E-state index contributed by atoms with van der Waals surface area (Å²) in [5.74, 6) is -0.150. The van der Waals surface area contributed by atoms with Crippen LogP contribution in [0.3, 0.4) is 0 Å². The zero-order valence-corrected chi connectivity index (χ0v) is 13.7. The number of nitrogens with one attached hydrogen (secondary N) is 1. The van der Waals surface area contributed by atoms with Gasteiger partial charge in [0.2, 0.25) is 0 Å². The average molecular weight is 346 g/mol. The first-order valence-corrected chi connectivity index (χ1v) is 8.09. The van der Waals surface area contributed by atoms with Crippen molar-refractivity contribution < 1.29 is 9.53 Å². The Hall–Kier alpha value is -2.49. The number of ether oxygens (including phenoxy) is 1. The van der Waals surface area contributed by atoms with Crippen LogP contribution in [0.2, 0.25) is 5.02 Å². The minimum atomic E-state index is -0.538. The summed E-state index contributed by atoms with van der Waals surface area (Å²) in [6, 6.07) is 13.2. The molecule has 0 saturated heterocycles. The number of esters is 1. The van der Waals surface area contributed by atoms with Gasteiger partial charge < -0.3 is 4.74 Å². The quantitative estimate of drug-likeness (QED) is 0.227. The molecule has 5 nitrogen and oxygen atoms in total. The Kier molecular flexibility index (Phi) is 6.03. The summed E-state index contributed by atoms with van der Waals surface area (Å²) in [5, 5.41) is 12.1. The molecule has 0 unspecified atom stereocenters. The van der Waals surface area contributed by atoms with Crippen LogP contribution >= 0.6 is 23.4 Å². The van der Waals surface area contributed by atoms with E-state index in [1.165, 1.54) is 11.8 Å². The first-order chi connectivity index (χ1) is 11.1. The van der Waals surface area contributed by atoms with E-state index in [4.69, 9.17) is 21.6 Å². The van der Waals surface area contributed by atoms with Crippen molar-refractivity contribution in [3.63, 3.8) is 0 Å². The highest BCUT2D eigenvalue weighted by atomic mass is 35.5. The first-order valence-electron chi connectivity index (χ1n) is 6.48. The molecule has 7 heteroatoms. The average Bonchev–Trinajstić information content (AvgIpc) is 2.57. The zero-order valence-electron chi connectivity index (χ0n) is 12.1. The number of aliphatic imine (C=N–C) groups is 1. The topological polar surface area (TPSA) is 74.5 Å². The number of benzene rings is 2. The molecule has 0 spiro atoms. The fourth-order valence-corrected chi connectivity index (χ4v) is 2.15. The third-order valence-corrected chi connectivity index (χ3v) is 3.56. The lowest BCUT2D eigenvalue weighted by molar-refractivity contribution is 0.0735. The highest BCUT2D eigenvalue weighted by Gasteiger charge is 2.14. The minimum absolute atomic E-state index is 0.300. The van der Waals surface area contributed by atoms with Gasteiger partial charge in [-0.25, -0.2) is 9.79 Å². The lowest BCUT2D eigenvalue weighted by Gasteiger charge is -2.07. The summed E-state index contributed by atoms with van der Waals surface area (Å²) in [5.41, 5.74) is 0.715. The van der Waals surface area contributed by atoms with E-state index >= 15 is 0 Å². The zero-order chi connectivity index (χ0) is 16.7. The van der Waals surface area contributed by atoms with Crippen LogP contribution in [0.1, 0.15) is 10.4 Å². The molecular weight excluding hydrogens is 334 g/mol. The largest absolute Gasteiger partial charge is 0.423 e. The highest BCUT2D eigenvalue weighted by molar-refractivity contribution is 8.13. The molecule has 2 aromatic carbocycles. The molecule has 2 aromatic rings. The van der Waals surface area contributed by atoms with Gasteiger partial charge in [-0.3, -0.25) is 5.32 Å². The molecule has 0 bridgehead atoms. The maximum Gasteiger partial charge on any atom is 0.345 e. The summed E-state index contributed by atoms with van der Waals surface area (Å²) >= 11 is 7.06. The van der Waals surface area contributed by atoms with E-state index in [2.05, 4.69) is 10.3 Å². The van der Waals surface area contributed by atoms with Crippen LogP contribution in [0.25, 0.3) is 0 Å². The molecule has 1 N–H and O–H groups in total. The van der Waals surface area contributed by atoms with E-state index in [-0.39, 0.29) is 0 Å². The number of nitriles is 1. The van der Waals surface area contributed by atoms with E-state index in [1.54, 1.807) is 61.0 Å². The maximum absolute atomic E-state index is 12.3. The number of para-hydroxylation sites is 1. The second-order valence-corrected chi connectivity index (χ2v) is 5.45. The molecule has 0 aliphatic carbocycles. The van der Waals surface area contributed by atoms with Crippen LogP contribution in [-0.4, -0.2) is 17.4 Å². The van der Waals surface area contributed by atoms with Gasteiger partial charge in [0.1, 0.15) is 5.75 Å². The standard InChI is InChI=1S/C16H12ClN3O2S/c1-23-16(19-10-18)20-14-5-3-2-4-13(14)15(21)22-12-8-6-11(17)7-9-12/h2-9H,1H3,(H,19,20). The normalized spacial score (nSPS) is 10.7. The molecular formula is C16H12ClN3O2S. The number of nitrogens with zero attached hydrogens (tertiary/aromatic N) is 2. The van der Waals surface area contributed by atoms with Gasteiger partial charge in [0.25, 0.3) is 0 Å². The van der Waals surface area contributed by atoms with Crippen molar-refractivity contribution in [2.45, 2.75) is 0 Å². The molecule has 0 aromatic heterocycles. The Bertz CT molecular complexity index is 770. The van der Waals surface area contributed by atoms with Crippen molar-refractivity contribution in [2.24, 2.45) is 4.99 Å². The van der Waals surface area contributed by atoms with Crippen LogP contribution in [0.5, 0.6) is 5.75 Å². The number of rotatable bonds is 3. The second-order valence-electron chi connectivity index (χ2n) is 4.22. The molecule has 0 atom stereocenters. The van der Waals surface area contributed by atoms with Gasteiger partial charge in [-0.1, -0.05) is 35.5 Å². The van der Waals surface area contributed by atoms with Crippen molar-refractivity contribution in [1.82, 2.24) is 5.32 Å². The summed E-state index contributed by atoms with van der Waals surface area (Å²) in [4.78, 5) is 16.6. The highest BCUT2D eigenvalue weighted by Crippen LogP contribution is 2.23. The molecule has 116 valence electrons. The molecule has 0 fully saturated rings. The lowest BCUT2D eigenvalue weighted by atomic mass is 10.2. The molecule has 0 heterocycles. The van der Waals surface area contributed by atoms with Crippen LogP contribution in [0, 0.1) is 11.5 Å². The van der Waals surface area contributed by atoms with Crippen LogP contribution in [0.4, 0.5) is 5.69 Å². The fourth-order valence-electron chi connectivity index (χ4n) is 1.69. The Morgan fingerprint density at radius 3 is 2.61 bits per heavy atom. The number of hydrogen-bond donors (Lipinski definition) is 1. The summed E-state index contributed by atoms with van der Waals surface area (Å²) in [6.07, 6.45) is 3.58. The number of thioether (sulfide) groups is 1. The Morgan fingerprint density at radius 1 is 1.26 bits per heavy atom. The molecule has 2 rings (SSSR count). The molecule has 0 radical (unpaired) electrons. The van der Waals surface area contributed by atoms with Gasteiger partial charge in [-0.2, -0.15) is 5.26 Å². The van der Waals surface area contributed by atoms with Gasteiger partial charge >= 0.3 is 5.97 Å². The Morgan fingerprint density at radius 2 is 1.96 bits per heavy atom. The number of halogens is 1. The molecule has 0 saturated carbocycles. The maximum atomic E-state index is 12.3. The van der Waals surface area contributed by atoms with Crippen molar-refractivity contribution in [3.05, 3.63) is 59.1 Å². The van der Waals surface area contributed by atoms with Gasteiger partial charge in [0, 0.05) is 5.02 Å². The monoisotopic (exact) mass is 345 g/mol. The van der Waals surface area contributed by atoms with Gasteiger partial charge in [-0.15, -0.1) is 0 Å². The summed E-state index contributed by atoms with van der Waals surface area (Å²) in [7, 11) is 0. The van der Waals surface area contributed by atoms with Crippen LogP contribution in [-0.2, 0) is 0 Å². The van der Waals surface area contributed by atoms with E-state index in [1.807, 2.05) is 0 Å². The smallest absolute Gasteiger partial charge is 0.345 e. The molecule has 0 amide bonds. The number of hydrogen-bond acceptors (Lipinski definition) is 5. The Balaban J connectivity index is 2.27. The van der Waals surface area contributed by atoms with E-state index in [9.17, 15) is 4.79 Å². The summed E-state index contributed by atoms with van der Waals surface area (Å²) in [6.45, 7) is 0. The lowest BCUT2D eigenvalue weighted by Crippen LogP contribution is -2.13. The van der Waals surface area contributed by atoms with Crippen LogP contribution < -0.4 is 10.1 Å². The molecule has 23 heavy (non-hydrogen) atoms. The van der Waals surface area contributed by atoms with Crippen molar-refractivity contribution in [1.29, 1.82) is 5.26 Å². The van der Waals surface area contributed by atoms with Crippen molar-refractivity contribution >= 4 is 40.2 Å². The third kappa shape index (κ3) is 4.74. The predicted molar refractivity (Wildman–Crippen MR) is 92.2 cm³/mol. The second kappa shape index (κ2) is 8.22. The number of carbonyl (C=O) groups excluding carboxylic acids is 1. The van der Waals surface area contributed by atoms with E-state index in [0.717, 1.165) is 0 Å². The van der Waals surface area contributed by atoms with Crippen LogP contribution in [0.15, 0.2) is 53.5 Å². The van der Waals surface area contributed by atoms with Crippen molar-refractivity contribution in [3.8, 4) is 11.9 Å². The van der Waals surface area contributed by atoms with Gasteiger partial charge in [-0.05, 0) is 42.7 Å². The number of amidine groups is 1. The van der Waals surface area contributed by atoms with Gasteiger partial charge in [0.05, 0.1) is 11.3 Å². The molecule has 0 aliphatic rings. The predicted octanol–water partition coefficient (Wildman–Crippen LogP) is 3.98. The SMILES string of the molecule is CSC(=Nc1ccccc1C(=O)Oc1ccc(Cl)cc1)NC#N. The molecule has 0 aliphatic heterocycles. The van der Waals surface area contributed by atoms with E-state index in [0.29, 0.717) is 27.2 Å². The number of carbonyl (C=O) groups is 1. The summed E-state index contributed by atoms with van der Waals surface area (Å²) < 4.78 is 5.31. The Labute approximate surface area is 142 Å². The fraction of sp³-hybridized carbons (Fsp3) is 0.0625. The van der Waals surface area contributed by atoms with Gasteiger partial charge in [0.15, 0.2) is 11.4 Å².